The number of esters is 1. The van der Waals surface area contributed by atoms with E-state index < -0.39 is 5.97 Å². The van der Waals surface area contributed by atoms with E-state index in [-0.39, 0.29) is 11.9 Å². The van der Waals surface area contributed by atoms with E-state index >= 15 is 0 Å². The van der Waals surface area contributed by atoms with E-state index in [0.717, 1.165) is 5.56 Å². The Morgan fingerprint density at radius 3 is 2.68 bits per heavy atom. The van der Waals surface area contributed by atoms with Gasteiger partial charge in [-0.2, -0.15) is 0 Å². The van der Waals surface area contributed by atoms with Gasteiger partial charge in [-0.25, -0.2) is 4.79 Å². The average Bonchev–Trinajstić information content (AvgIpc) is 2.82. The number of aromatic nitrogens is 2. The van der Waals surface area contributed by atoms with Crippen LogP contribution < -0.4 is 5.32 Å². The van der Waals surface area contributed by atoms with Crippen LogP contribution in [0, 0.1) is 13.8 Å². The van der Waals surface area contributed by atoms with Gasteiger partial charge in [-0.05, 0) is 38.0 Å². The molecule has 2 rings (SSSR count). The molecule has 1 amide bonds. The third kappa shape index (κ3) is 3.00. The highest BCUT2D eigenvalue weighted by molar-refractivity contribution is 6.00. The van der Waals surface area contributed by atoms with Gasteiger partial charge in [0.15, 0.2) is 0 Å². The maximum absolute atomic E-state index is 12.4. The molecule has 2 aromatic rings. The van der Waals surface area contributed by atoms with Gasteiger partial charge in [0.05, 0.1) is 18.7 Å². The third-order valence-electron chi connectivity index (χ3n) is 3.59. The minimum absolute atomic E-state index is 0.189. The summed E-state index contributed by atoms with van der Waals surface area (Å²) >= 11 is 0. The lowest BCUT2D eigenvalue weighted by atomic mass is 10.1. The van der Waals surface area contributed by atoms with Gasteiger partial charge in [-0.15, -0.1) is 0 Å². The first kappa shape index (κ1) is 15.8. The zero-order chi connectivity index (χ0) is 16.3. The Morgan fingerprint density at radius 2 is 2.09 bits per heavy atom. The van der Waals surface area contributed by atoms with Crippen LogP contribution in [0.5, 0.6) is 0 Å². The predicted octanol–water partition coefficient (Wildman–Crippen LogP) is 2.30. The number of amides is 1. The summed E-state index contributed by atoms with van der Waals surface area (Å²) in [4.78, 5) is 31.2. The number of hydrogen-bond donors (Lipinski definition) is 2. The van der Waals surface area contributed by atoms with Gasteiger partial charge in [-0.3, -0.25) is 9.78 Å². The van der Waals surface area contributed by atoms with Crippen LogP contribution in [0.3, 0.4) is 0 Å². The molecule has 0 spiro atoms. The fourth-order valence-corrected chi connectivity index (χ4v) is 2.37. The van der Waals surface area contributed by atoms with Crippen molar-refractivity contribution in [2.45, 2.75) is 26.8 Å². The summed E-state index contributed by atoms with van der Waals surface area (Å²) in [5, 5.41) is 2.89. The molecule has 0 saturated heterocycles. The Bertz CT molecular complexity index is 692. The molecule has 2 heterocycles. The Labute approximate surface area is 128 Å². The van der Waals surface area contributed by atoms with E-state index in [1.807, 2.05) is 19.1 Å². The zero-order valence-corrected chi connectivity index (χ0v) is 13.1. The maximum Gasteiger partial charge on any atom is 0.339 e. The van der Waals surface area contributed by atoms with Crippen molar-refractivity contribution in [1.82, 2.24) is 15.3 Å². The molecule has 116 valence electrons. The lowest BCUT2D eigenvalue weighted by Gasteiger charge is -2.13. The van der Waals surface area contributed by atoms with E-state index in [1.54, 1.807) is 26.2 Å². The van der Waals surface area contributed by atoms with E-state index in [4.69, 9.17) is 4.74 Å². The van der Waals surface area contributed by atoms with Crippen LogP contribution in [-0.2, 0) is 4.74 Å². The summed E-state index contributed by atoms with van der Waals surface area (Å²) in [7, 11) is 1.32. The molecular weight excluding hydrogens is 282 g/mol. The number of rotatable bonds is 4. The standard InChI is InChI=1S/C16H19N3O3/c1-9-13(16(21)22-4)11(3)18-14(9)15(20)19-10(2)12-6-5-7-17-8-12/h5-8,10,18H,1-4H3,(H,19,20). The second kappa shape index (κ2) is 6.43. The first-order valence-electron chi connectivity index (χ1n) is 6.94. The second-order valence-electron chi connectivity index (χ2n) is 5.10. The molecule has 0 fully saturated rings. The van der Waals surface area contributed by atoms with E-state index in [2.05, 4.69) is 15.3 Å². The number of H-pyrrole nitrogens is 1. The number of aromatic amines is 1. The number of nitrogens with one attached hydrogen (secondary N) is 2. The molecular formula is C16H19N3O3. The Kier molecular flexibility index (Phi) is 4.60. The molecule has 0 aliphatic carbocycles. The second-order valence-corrected chi connectivity index (χ2v) is 5.10. The highest BCUT2D eigenvalue weighted by Gasteiger charge is 2.23. The SMILES string of the molecule is COC(=O)c1c(C)[nH]c(C(=O)NC(C)c2cccnc2)c1C. The highest BCUT2D eigenvalue weighted by atomic mass is 16.5. The number of methoxy groups -OCH3 is 1. The summed E-state index contributed by atoms with van der Waals surface area (Å²) in [5.41, 5.74) is 2.88. The van der Waals surface area contributed by atoms with Crippen molar-refractivity contribution < 1.29 is 14.3 Å². The van der Waals surface area contributed by atoms with Crippen LogP contribution in [0.25, 0.3) is 0 Å². The fourth-order valence-electron chi connectivity index (χ4n) is 2.37. The van der Waals surface area contributed by atoms with Crippen molar-refractivity contribution in [1.29, 1.82) is 0 Å². The zero-order valence-electron chi connectivity index (χ0n) is 13.1. The Balaban J connectivity index is 2.22. The van der Waals surface area contributed by atoms with Crippen molar-refractivity contribution in [2.75, 3.05) is 7.11 Å². The largest absolute Gasteiger partial charge is 0.465 e. The van der Waals surface area contributed by atoms with Crippen LogP contribution >= 0.6 is 0 Å². The number of nitrogens with zero attached hydrogens (tertiary/aromatic N) is 1. The van der Waals surface area contributed by atoms with E-state index in [1.165, 1.54) is 7.11 Å². The van der Waals surface area contributed by atoms with Gasteiger partial charge in [0, 0.05) is 18.1 Å². The molecule has 1 unspecified atom stereocenters. The van der Waals surface area contributed by atoms with Gasteiger partial charge in [0.2, 0.25) is 0 Å². The van der Waals surface area contributed by atoms with Crippen molar-refractivity contribution in [2.24, 2.45) is 0 Å². The van der Waals surface area contributed by atoms with Crippen LogP contribution in [0.4, 0.5) is 0 Å². The number of aryl methyl sites for hydroxylation is 1. The first-order valence-corrected chi connectivity index (χ1v) is 6.94. The summed E-state index contributed by atoms with van der Waals surface area (Å²) in [6.45, 7) is 5.33. The van der Waals surface area contributed by atoms with Crippen molar-refractivity contribution in [3.63, 3.8) is 0 Å². The van der Waals surface area contributed by atoms with Crippen molar-refractivity contribution >= 4 is 11.9 Å². The highest BCUT2D eigenvalue weighted by Crippen LogP contribution is 2.20. The molecule has 6 nitrogen and oxygen atoms in total. The van der Waals surface area contributed by atoms with Gasteiger partial charge >= 0.3 is 5.97 Å². The number of ether oxygens (including phenoxy) is 1. The molecule has 0 aliphatic rings. The lowest BCUT2D eigenvalue weighted by Crippen LogP contribution is -2.27. The monoisotopic (exact) mass is 301 g/mol. The topological polar surface area (TPSA) is 84.1 Å². The molecule has 1 atom stereocenters. The third-order valence-corrected chi connectivity index (χ3v) is 3.59. The molecule has 0 radical (unpaired) electrons. The van der Waals surface area contributed by atoms with Gasteiger partial charge < -0.3 is 15.0 Å². The molecule has 2 N–H and O–H groups in total. The van der Waals surface area contributed by atoms with E-state index in [9.17, 15) is 9.59 Å². The molecule has 0 aliphatic heterocycles. The van der Waals surface area contributed by atoms with Crippen LogP contribution in [0.15, 0.2) is 24.5 Å². The first-order chi connectivity index (χ1) is 10.5. The molecule has 22 heavy (non-hydrogen) atoms. The normalized spacial score (nSPS) is 11.8. The summed E-state index contributed by atoms with van der Waals surface area (Å²) in [6, 6.07) is 3.52. The number of carbonyl (C=O) groups is 2. The van der Waals surface area contributed by atoms with Crippen LogP contribution in [0.2, 0.25) is 0 Å². The van der Waals surface area contributed by atoms with Gasteiger partial charge in [0.25, 0.3) is 5.91 Å². The van der Waals surface area contributed by atoms with Crippen LogP contribution in [0.1, 0.15) is 50.6 Å². The lowest BCUT2D eigenvalue weighted by molar-refractivity contribution is 0.0599. The number of carbonyl (C=O) groups excluding carboxylic acids is 2. The number of pyridine rings is 1. The molecule has 0 aromatic carbocycles. The fraction of sp³-hybridized carbons (Fsp3) is 0.312. The minimum Gasteiger partial charge on any atom is -0.465 e. The molecule has 0 saturated carbocycles. The molecule has 2 aromatic heterocycles. The summed E-state index contributed by atoms with van der Waals surface area (Å²) in [5.74, 6) is -0.724. The maximum atomic E-state index is 12.4. The quantitative estimate of drug-likeness (QED) is 0.849. The predicted molar refractivity (Wildman–Crippen MR) is 81.7 cm³/mol. The van der Waals surface area contributed by atoms with Gasteiger partial charge in [0.1, 0.15) is 5.69 Å². The summed E-state index contributed by atoms with van der Waals surface area (Å²) < 4.78 is 4.74. The Hall–Kier alpha value is -2.63. The smallest absolute Gasteiger partial charge is 0.339 e. The van der Waals surface area contributed by atoms with Crippen LogP contribution in [-0.4, -0.2) is 29.0 Å². The molecule has 6 heteroatoms. The Morgan fingerprint density at radius 1 is 1.36 bits per heavy atom. The average molecular weight is 301 g/mol. The van der Waals surface area contributed by atoms with Crippen molar-refractivity contribution in [3.8, 4) is 0 Å². The molecule has 0 bridgehead atoms. The number of hydrogen-bond acceptors (Lipinski definition) is 4. The summed E-state index contributed by atoms with van der Waals surface area (Å²) in [6.07, 6.45) is 3.39. The van der Waals surface area contributed by atoms with Gasteiger partial charge in [-0.1, -0.05) is 6.07 Å². The minimum atomic E-state index is -0.453. The van der Waals surface area contributed by atoms with E-state index in [0.29, 0.717) is 22.5 Å². The van der Waals surface area contributed by atoms with Crippen molar-refractivity contribution in [3.05, 3.63) is 52.6 Å².